The SMILES string of the molecule is Cc1cccc(C(O)c2c(C)c(C)c(C)c(C)c2C)c1C. The summed E-state index contributed by atoms with van der Waals surface area (Å²) in [6, 6.07) is 6.16. The molecule has 0 radical (unpaired) electrons. The molecule has 0 aliphatic rings. The Morgan fingerprint density at radius 2 is 1.14 bits per heavy atom. The van der Waals surface area contributed by atoms with Crippen LogP contribution in [-0.2, 0) is 0 Å². The molecule has 0 saturated carbocycles. The first kappa shape index (κ1) is 15.8. The van der Waals surface area contributed by atoms with Gasteiger partial charge in [0.25, 0.3) is 0 Å². The predicted molar refractivity (Wildman–Crippen MR) is 90.1 cm³/mol. The van der Waals surface area contributed by atoms with E-state index in [0.29, 0.717) is 0 Å². The Morgan fingerprint density at radius 1 is 0.667 bits per heavy atom. The van der Waals surface area contributed by atoms with Crippen LogP contribution in [0, 0.1) is 48.5 Å². The first-order valence-electron chi connectivity index (χ1n) is 7.58. The molecule has 112 valence electrons. The number of hydrogen-bond donors (Lipinski definition) is 1. The minimum absolute atomic E-state index is 0.553. The summed E-state index contributed by atoms with van der Waals surface area (Å²) >= 11 is 0. The number of aryl methyl sites for hydroxylation is 1. The molecule has 2 rings (SSSR count). The molecule has 0 heterocycles. The zero-order chi connectivity index (χ0) is 15.9. The van der Waals surface area contributed by atoms with Crippen LogP contribution in [0.1, 0.15) is 56.2 Å². The molecule has 2 aromatic carbocycles. The largest absolute Gasteiger partial charge is 0.384 e. The van der Waals surface area contributed by atoms with Crippen molar-refractivity contribution in [3.05, 3.63) is 68.3 Å². The summed E-state index contributed by atoms with van der Waals surface area (Å²) in [6.45, 7) is 14.9. The third kappa shape index (κ3) is 2.51. The highest BCUT2D eigenvalue weighted by Crippen LogP contribution is 2.35. The minimum Gasteiger partial charge on any atom is -0.384 e. The van der Waals surface area contributed by atoms with E-state index in [1.807, 2.05) is 12.1 Å². The molecule has 1 heteroatoms. The molecule has 0 fully saturated rings. The van der Waals surface area contributed by atoms with Crippen LogP contribution < -0.4 is 0 Å². The van der Waals surface area contributed by atoms with E-state index < -0.39 is 6.10 Å². The third-order valence-electron chi connectivity index (χ3n) is 5.27. The number of hydrogen-bond acceptors (Lipinski definition) is 1. The van der Waals surface area contributed by atoms with E-state index in [9.17, 15) is 5.11 Å². The summed E-state index contributed by atoms with van der Waals surface area (Å²) in [5.41, 5.74) is 10.8. The van der Waals surface area contributed by atoms with E-state index in [2.05, 4.69) is 54.5 Å². The van der Waals surface area contributed by atoms with Gasteiger partial charge in [0.05, 0.1) is 0 Å². The van der Waals surface area contributed by atoms with Crippen LogP contribution in [0.3, 0.4) is 0 Å². The van der Waals surface area contributed by atoms with E-state index in [-0.39, 0.29) is 0 Å². The molecule has 0 aromatic heterocycles. The fourth-order valence-electron chi connectivity index (χ4n) is 3.16. The fraction of sp³-hybridized carbons (Fsp3) is 0.400. The van der Waals surface area contributed by atoms with Crippen LogP contribution in [0.25, 0.3) is 0 Å². The van der Waals surface area contributed by atoms with Crippen molar-refractivity contribution in [3.63, 3.8) is 0 Å². The number of rotatable bonds is 2. The molecule has 0 aliphatic carbocycles. The number of aliphatic hydroxyl groups excluding tert-OH is 1. The van der Waals surface area contributed by atoms with E-state index in [1.165, 1.54) is 38.9 Å². The Bertz CT molecular complexity index is 666. The molecule has 2 aromatic rings. The Morgan fingerprint density at radius 3 is 1.67 bits per heavy atom. The monoisotopic (exact) mass is 282 g/mol. The summed E-state index contributed by atoms with van der Waals surface area (Å²) in [6.07, 6.45) is -0.553. The van der Waals surface area contributed by atoms with Gasteiger partial charge in [0.1, 0.15) is 6.10 Å². The lowest BCUT2D eigenvalue weighted by Gasteiger charge is -2.24. The lowest BCUT2D eigenvalue weighted by atomic mass is 9.84. The lowest BCUT2D eigenvalue weighted by Crippen LogP contribution is -2.10. The molecule has 0 bridgehead atoms. The van der Waals surface area contributed by atoms with Gasteiger partial charge in [-0.2, -0.15) is 0 Å². The van der Waals surface area contributed by atoms with Crippen molar-refractivity contribution in [1.29, 1.82) is 0 Å². The second-order valence-corrected chi connectivity index (χ2v) is 6.23. The van der Waals surface area contributed by atoms with E-state index >= 15 is 0 Å². The van der Waals surface area contributed by atoms with Crippen molar-refractivity contribution in [2.45, 2.75) is 54.6 Å². The highest BCUT2D eigenvalue weighted by molar-refractivity contribution is 5.53. The van der Waals surface area contributed by atoms with Crippen molar-refractivity contribution in [3.8, 4) is 0 Å². The molecule has 0 aliphatic heterocycles. The quantitative estimate of drug-likeness (QED) is 0.828. The van der Waals surface area contributed by atoms with E-state index in [4.69, 9.17) is 0 Å². The first-order valence-corrected chi connectivity index (χ1v) is 7.58. The molecule has 1 N–H and O–H groups in total. The molecule has 0 saturated heterocycles. The minimum atomic E-state index is -0.553. The molecule has 0 amide bonds. The highest BCUT2D eigenvalue weighted by atomic mass is 16.3. The normalized spacial score (nSPS) is 12.6. The van der Waals surface area contributed by atoms with Crippen LogP contribution in [0.15, 0.2) is 18.2 Å². The van der Waals surface area contributed by atoms with Gasteiger partial charge in [-0.25, -0.2) is 0 Å². The van der Waals surface area contributed by atoms with Gasteiger partial charge in [0, 0.05) is 0 Å². The van der Waals surface area contributed by atoms with Gasteiger partial charge in [-0.05, 0) is 98.5 Å². The van der Waals surface area contributed by atoms with Crippen molar-refractivity contribution in [2.75, 3.05) is 0 Å². The Balaban J connectivity index is 2.70. The first-order chi connectivity index (χ1) is 9.77. The zero-order valence-electron chi connectivity index (χ0n) is 14.3. The standard InChI is InChI=1S/C20H26O/c1-11-9-8-10-18(12(11)2)20(21)19-16(6)14(4)13(3)15(5)17(19)7/h8-10,20-21H,1-7H3. The summed E-state index contributed by atoms with van der Waals surface area (Å²) in [4.78, 5) is 0. The van der Waals surface area contributed by atoms with Gasteiger partial charge in [-0.15, -0.1) is 0 Å². The average molecular weight is 282 g/mol. The maximum atomic E-state index is 11.0. The molecule has 21 heavy (non-hydrogen) atoms. The van der Waals surface area contributed by atoms with Gasteiger partial charge < -0.3 is 5.11 Å². The Hall–Kier alpha value is -1.60. The van der Waals surface area contributed by atoms with Crippen molar-refractivity contribution in [2.24, 2.45) is 0 Å². The van der Waals surface area contributed by atoms with Crippen LogP contribution in [0.4, 0.5) is 0 Å². The van der Waals surface area contributed by atoms with Crippen LogP contribution in [-0.4, -0.2) is 5.11 Å². The van der Waals surface area contributed by atoms with Crippen LogP contribution in [0.5, 0.6) is 0 Å². The average Bonchev–Trinajstić information content (AvgIpc) is 2.46. The van der Waals surface area contributed by atoms with Gasteiger partial charge in [0.15, 0.2) is 0 Å². The summed E-state index contributed by atoms with van der Waals surface area (Å²) < 4.78 is 0. The second kappa shape index (κ2) is 5.65. The van der Waals surface area contributed by atoms with Crippen molar-refractivity contribution in [1.82, 2.24) is 0 Å². The van der Waals surface area contributed by atoms with Crippen LogP contribution in [0.2, 0.25) is 0 Å². The number of aliphatic hydroxyl groups is 1. The van der Waals surface area contributed by atoms with E-state index in [1.54, 1.807) is 0 Å². The smallest absolute Gasteiger partial charge is 0.105 e. The maximum absolute atomic E-state index is 11.0. The Labute approximate surface area is 128 Å². The fourth-order valence-corrected chi connectivity index (χ4v) is 3.16. The molecular formula is C20H26O. The van der Waals surface area contributed by atoms with Gasteiger partial charge in [0.2, 0.25) is 0 Å². The van der Waals surface area contributed by atoms with Gasteiger partial charge in [-0.1, -0.05) is 18.2 Å². The summed E-state index contributed by atoms with van der Waals surface area (Å²) in [7, 11) is 0. The van der Waals surface area contributed by atoms with E-state index in [0.717, 1.165) is 11.1 Å². The lowest BCUT2D eigenvalue weighted by molar-refractivity contribution is 0.217. The van der Waals surface area contributed by atoms with Gasteiger partial charge in [-0.3, -0.25) is 0 Å². The molecular weight excluding hydrogens is 256 g/mol. The highest BCUT2D eigenvalue weighted by Gasteiger charge is 2.21. The molecule has 1 unspecified atom stereocenters. The zero-order valence-corrected chi connectivity index (χ0v) is 14.3. The maximum Gasteiger partial charge on any atom is 0.105 e. The summed E-state index contributed by atoms with van der Waals surface area (Å²) in [5.74, 6) is 0. The molecule has 1 atom stereocenters. The third-order valence-corrected chi connectivity index (χ3v) is 5.27. The number of benzene rings is 2. The van der Waals surface area contributed by atoms with Crippen molar-refractivity contribution < 1.29 is 5.11 Å². The molecule has 0 spiro atoms. The topological polar surface area (TPSA) is 20.2 Å². The predicted octanol–water partition coefficient (Wildman–Crippen LogP) is 4.93. The second-order valence-electron chi connectivity index (χ2n) is 6.23. The molecule has 1 nitrogen and oxygen atoms in total. The Kier molecular flexibility index (Phi) is 4.25. The summed E-state index contributed by atoms with van der Waals surface area (Å²) in [5, 5.41) is 11.0. The van der Waals surface area contributed by atoms with Gasteiger partial charge >= 0.3 is 0 Å². The van der Waals surface area contributed by atoms with Crippen molar-refractivity contribution >= 4 is 0 Å². The van der Waals surface area contributed by atoms with Crippen LogP contribution >= 0.6 is 0 Å².